The summed E-state index contributed by atoms with van der Waals surface area (Å²) in [6.45, 7) is 0. The summed E-state index contributed by atoms with van der Waals surface area (Å²) in [5.74, 6) is 0. The molecule has 1 N–H and O–H groups in total. The number of hydrogen-bond acceptors (Lipinski definition) is 2. The maximum atomic E-state index is 5.95. The van der Waals surface area contributed by atoms with E-state index in [0.717, 1.165) is 22.1 Å². The molecule has 94 valence electrons. The van der Waals surface area contributed by atoms with Crippen molar-refractivity contribution in [1.82, 2.24) is 9.55 Å². The average molecular weight is 270 g/mol. The van der Waals surface area contributed by atoms with E-state index in [1.54, 1.807) is 12.5 Å². The fourth-order valence-corrected chi connectivity index (χ4v) is 2.05. The minimum Gasteiger partial charge on any atom is -0.355 e. The van der Waals surface area contributed by atoms with Gasteiger partial charge < -0.3 is 9.88 Å². The SMILES string of the molecule is Clc1cccc(Nc2ccc(-n3ccnc3)cc2)c1. The predicted octanol–water partition coefficient (Wildman–Crippen LogP) is 4.27. The zero-order chi connectivity index (χ0) is 13.1. The minimum atomic E-state index is 0.722. The first kappa shape index (κ1) is 11.8. The van der Waals surface area contributed by atoms with E-state index in [4.69, 9.17) is 11.6 Å². The highest BCUT2D eigenvalue weighted by Crippen LogP contribution is 2.21. The van der Waals surface area contributed by atoms with Gasteiger partial charge in [0.05, 0.1) is 6.33 Å². The molecular formula is C15H12ClN3. The Balaban J connectivity index is 1.80. The van der Waals surface area contributed by atoms with Crippen molar-refractivity contribution in [3.05, 3.63) is 72.3 Å². The molecule has 1 heterocycles. The van der Waals surface area contributed by atoms with Crippen LogP contribution < -0.4 is 5.32 Å². The van der Waals surface area contributed by atoms with E-state index in [-0.39, 0.29) is 0 Å². The highest BCUT2D eigenvalue weighted by atomic mass is 35.5. The molecule has 0 saturated carbocycles. The fraction of sp³-hybridized carbons (Fsp3) is 0. The van der Waals surface area contributed by atoms with E-state index < -0.39 is 0 Å². The molecule has 0 unspecified atom stereocenters. The van der Waals surface area contributed by atoms with Crippen LogP contribution in [0.2, 0.25) is 5.02 Å². The predicted molar refractivity (Wildman–Crippen MR) is 78.3 cm³/mol. The van der Waals surface area contributed by atoms with Gasteiger partial charge in [0.25, 0.3) is 0 Å². The lowest BCUT2D eigenvalue weighted by atomic mass is 10.2. The Morgan fingerprint density at radius 1 is 1.00 bits per heavy atom. The molecule has 0 fully saturated rings. The first-order valence-electron chi connectivity index (χ1n) is 5.92. The van der Waals surface area contributed by atoms with Crippen molar-refractivity contribution in [1.29, 1.82) is 0 Å². The van der Waals surface area contributed by atoms with Crippen LogP contribution in [0.1, 0.15) is 0 Å². The van der Waals surface area contributed by atoms with Crippen molar-refractivity contribution in [3.63, 3.8) is 0 Å². The molecule has 0 aliphatic rings. The largest absolute Gasteiger partial charge is 0.355 e. The molecule has 0 spiro atoms. The number of hydrogen-bond donors (Lipinski definition) is 1. The minimum absolute atomic E-state index is 0.722. The van der Waals surface area contributed by atoms with Gasteiger partial charge in [-0.2, -0.15) is 0 Å². The van der Waals surface area contributed by atoms with E-state index in [1.165, 1.54) is 0 Å². The lowest BCUT2D eigenvalue weighted by Crippen LogP contribution is -1.92. The van der Waals surface area contributed by atoms with Crippen molar-refractivity contribution in [2.45, 2.75) is 0 Å². The summed E-state index contributed by atoms with van der Waals surface area (Å²) in [5.41, 5.74) is 3.07. The standard InChI is InChI=1S/C15H12ClN3/c16-12-2-1-3-14(10-12)18-13-4-6-15(7-5-13)19-9-8-17-11-19/h1-11,18H. The quantitative estimate of drug-likeness (QED) is 0.769. The van der Waals surface area contributed by atoms with Crippen LogP contribution in [0, 0.1) is 0 Å². The average Bonchev–Trinajstić information content (AvgIpc) is 2.94. The second kappa shape index (κ2) is 5.16. The van der Waals surface area contributed by atoms with E-state index in [0.29, 0.717) is 0 Å². The number of nitrogens with one attached hydrogen (secondary N) is 1. The second-order valence-corrected chi connectivity index (χ2v) is 4.59. The van der Waals surface area contributed by atoms with Crippen LogP contribution in [0.3, 0.4) is 0 Å². The van der Waals surface area contributed by atoms with Crippen LogP contribution >= 0.6 is 11.6 Å². The number of halogens is 1. The van der Waals surface area contributed by atoms with Crippen molar-refractivity contribution in [2.75, 3.05) is 5.32 Å². The van der Waals surface area contributed by atoms with Gasteiger partial charge in [-0.3, -0.25) is 0 Å². The molecule has 1 aromatic heterocycles. The lowest BCUT2D eigenvalue weighted by Gasteiger charge is -2.08. The van der Waals surface area contributed by atoms with E-state index in [2.05, 4.69) is 10.3 Å². The molecule has 3 nitrogen and oxygen atoms in total. The van der Waals surface area contributed by atoms with Crippen molar-refractivity contribution >= 4 is 23.0 Å². The highest BCUT2D eigenvalue weighted by molar-refractivity contribution is 6.30. The zero-order valence-corrected chi connectivity index (χ0v) is 10.9. The lowest BCUT2D eigenvalue weighted by molar-refractivity contribution is 1.06. The zero-order valence-electron chi connectivity index (χ0n) is 10.1. The number of aromatic nitrogens is 2. The number of nitrogens with zero attached hydrogens (tertiary/aromatic N) is 2. The Labute approximate surface area is 116 Å². The fourth-order valence-electron chi connectivity index (χ4n) is 1.86. The summed E-state index contributed by atoms with van der Waals surface area (Å²) in [6, 6.07) is 15.8. The molecule has 3 aromatic rings. The van der Waals surface area contributed by atoms with Crippen molar-refractivity contribution in [3.8, 4) is 5.69 Å². The van der Waals surface area contributed by atoms with Crippen molar-refractivity contribution in [2.24, 2.45) is 0 Å². The molecule has 0 atom stereocenters. The van der Waals surface area contributed by atoms with Crippen LogP contribution in [-0.4, -0.2) is 9.55 Å². The number of anilines is 2. The Bertz CT molecular complexity index is 660. The second-order valence-electron chi connectivity index (χ2n) is 4.15. The Kier molecular flexibility index (Phi) is 3.21. The summed E-state index contributed by atoms with van der Waals surface area (Å²) in [4.78, 5) is 4.03. The van der Waals surface area contributed by atoms with E-state index >= 15 is 0 Å². The van der Waals surface area contributed by atoms with Gasteiger partial charge in [-0.15, -0.1) is 0 Å². The van der Waals surface area contributed by atoms with Gasteiger partial charge >= 0.3 is 0 Å². The number of rotatable bonds is 3. The summed E-state index contributed by atoms with van der Waals surface area (Å²) in [7, 11) is 0. The van der Waals surface area contributed by atoms with Crippen LogP contribution in [0.4, 0.5) is 11.4 Å². The summed E-state index contributed by atoms with van der Waals surface area (Å²) < 4.78 is 1.96. The molecule has 0 bridgehead atoms. The Morgan fingerprint density at radius 3 is 2.53 bits per heavy atom. The van der Waals surface area contributed by atoms with Gasteiger partial charge in [0.2, 0.25) is 0 Å². The molecular weight excluding hydrogens is 258 g/mol. The monoisotopic (exact) mass is 269 g/mol. The molecule has 4 heteroatoms. The third-order valence-corrected chi connectivity index (χ3v) is 3.02. The molecule has 0 radical (unpaired) electrons. The molecule has 3 rings (SSSR count). The van der Waals surface area contributed by atoms with Crippen LogP contribution in [0.5, 0.6) is 0 Å². The van der Waals surface area contributed by atoms with Gasteiger partial charge in [-0.1, -0.05) is 17.7 Å². The molecule has 0 saturated heterocycles. The van der Waals surface area contributed by atoms with Gasteiger partial charge in [0, 0.05) is 34.5 Å². The Hall–Kier alpha value is -2.26. The van der Waals surface area contributed by atoms with E-state index in [9.17, 15) is 0 Å². The highest BCUT2D eigenvalue weighted by Gasteiger charge is 1.98. The van der Waals surface area contributed by atoms with Gasteiger partial charge in [-0.25, -0.2) is 4.98 Å². The first-order valence-corrected chi connectivity index (χ1v) is 6.30. The molecule has 19 heavy (non-hydrogen) atoms. The molecule has 0 aliphatic heterocycles. The van der Waals surface area contributed by atoms with Gasteiger partial charge in [0.1, 0.15) is 0 Å². The molecule has 0 aliphatic carbocycles. The maximum Gasteiger partial charge on any atom is 0.0991 e. The smallest absolute Gasteiger partial charge is 0.0991 e. The summed E-state index contributed by atoms with van der Waals surface area (Å²) >= 11 is 5.95. The number of benzene rings is 2. The van der Waals surface area contributed by atoms with Gasteiger partial charge in [-0.05, 0) is 42.5 Å². The molecule has 0 amide bonds. The van der Waals surface area contributed by atoms with Crippen LogP contribution in [-0.2, 0) is 0 Å². The maximum absolute atomic E-state index is 5.95. The van der Waals surface area contributed by atoms with Crippen LogP contribution in [0.15, 0.2) is 67.3 Å². The summed E-state index contributed by atoms with van der Waals surface area (Å²) in [6.07, 6.45) is 5.46. The first-order chi connectivity index (χ1) is 9.31. The number of imidazole rings is 1. The normalized spacial score (nSPS) is 10.4. The van der Waals surface area contributed by atoms with Crippen LogP contribution in [0.25, 0.3) is 5.69 Å². The van der Waals surface area contributed by atoms with Crippen molar-refractivity contribution < 1.29 is 0 Å². The third kappa shape index (κ3) is 2.77. The Morgan fingerprint density at radius 2 is 1.84 bits per heavy atom. The summed E-state index contributed by atoms with van der Waals surface area (Å²) in [5, 5.41) is 4.03. The topological polar surface area (TPSA) is 29.9 Å². The van der Waals surface area contributed by atoms with E-state index in [1.807, 2.05) is 59.3 Å². The van der Waals surface area contributed by atoms with Gasteiger partial charge in [0.15, 0.2) is 0 Å². The third-order valence-electron chi connectivity index (χ3n) is 2.78. The molecule has 2 aromatic carbocycles.